The molecule has 0 unspecified atom stereocenters. The number of halogens is 2. The Hall–Kier alpha value is -3.22. The van der Waals surface area contributed by atoms with E-state index in [1.807, 2.05) is 0 Å². The highest BCUT2D eigenvalue weighted by Gasteiger charge is 2.26. The van der Waals surface area contributed by atoms with E-state index in [-0.39, 0.29) is 28.8 Å². The van der Waals surface area contributed by atoms with Gasteiger partial charge in [-0.15, -0.1) is 0 Å². The molecule has 146 valence electrons. The molecule has 0 radical (unpaired) electrons. The van der Waals surface area contributed by atoms with Gasteiger partial charge in [-0.3, -0.25) is 14.2 Å². The molecule has 7 heteroatoms. The topological polar surface area (TPSA) is 85.3 Å². The van der Waals surface area contributed by atoms with Gasteiger partial charge in [0.05, 0.1) is 5.52 Å². The van der Waals surface area contributed by atoms with Gasteiger partial charge in [0.2, 0.25) is 5.91 Å². The summed E-state index contributed by atoms with van der Waals surface area (Å²) in [6.45, 7) is 3.45. The summed E-state index contributed by atoms with van der Waals surface area (Å²) in [6, 6.07) is 7.86. The minimum atomic E-state index is -0.840. The largest absolute Gasteiger partial charge is 0.505 e. The summed E-state index contributed by atoms with van der Waals surface area (Å²) in [7, 11) is 0. The first-order chi connectivity index (χ1) is 13.2. The summed E-state index contributed by atoms with van der Waals surface area (Å²) < 4.78 is 29.7. The number of hydrogen-bond acceptors (Lipinski definition) is 3. The summed E-state index contributed by atoms with van der Waals surface area (Å²) in [5, 5.41) is 9.95. The second-order valence-corrected chi connectivity index (χ2v) is 6.85. The van der Waals surface area contributed by atoms with Crippen molar-refractivity contribution in [2.75, 3.05) is 0 Å². The van der Waals surface area contributed by atoms with E-state index in [4.69, 9.17) is 5.73 Å². The Morgan fingerprint density at radius 2 is 1.93 bits per heavy atom. The van der Waals surface area contributed by atoms with E-state index < -0.39 is 29.2 Å². The number of phenols is 1. The lowest BCUT2D eigenvalue weighted by Gasteiger charge is -2.12. The Bertz CT molecular complexity index is 1090. The molecule has 2 aromatic carbocycles. The van der Waals surface area contributed by atoms with Crippen molar-refractivity contribution in [3.63, 3.8) is 0 Å². The highest BCUT2D eigenvalue weighted by atomic mass is 19.1. The van der Waals surface area contributed by atoms with Crippen molar-refractivity contribution < 1.29 is 23.5 Å². The number of hydrogen-bond donors (Lipinski definition) is 2. The maximum Gasteiger partial charge on any atom is 0.262 e. The maximum atomic E-state index is 14.8. The Morgan fingerprint density at radius 3 is 2.57 bits per heavy atom. The second-order valence-electron chi connectivity index (χ2n) is 6.85. The lowest BCUT2D eigenvalue weighted by Crippen LogP contribution is -2.14. The van der Waals surface area contributed by atoms with Crippen molar-refractivity contribution in [2.45, 2.75) is 32.6 Å². The number of nitrogens with zero attached hydrogens (tertiary/aromatic N) is 1. The molecule has 28 heavy (non-hydrogen) atoms. The van der Waals surface area contributed by atoms with E-state index in [0.717, 1.165) is 6.07 Å². The molecule has 1 aromatic heterocycles. The molecule has 0 fully saturated rings. The fourth-order valence-electron chi connectivity index (χ4n) is 3.60. The third-order valence-electron chi connectivity index (χ3n) is 4.93. The molecule has 0 saturated carbocycles. The van der Waals surface area contributed by atoms with Gasteiger partial charge in [0.1, 0.15) is 5.82 Å². The van der Waals surface area contributed by atoms with Crippen molar-refractivity contribution >= 4 is 22.7 Å². The molecule has 3 N–H and O–H groups in total. The van der Waals surface area contributed by atoms with Crippen LogP contribution in [0.4, 0.5) is 8.78 Å². The SMILES string of the molecule is Cc1c([C@@H](C)CCC(N)=O)c2c(F)c(O)ccc2n1C(=O)c1cccc(F)c1. The van der Waals surface area contributed by atoms with Gasteiger partial charge in [0.15, 0.2) is 11.6 Å². The maximum absolute atomic E-state index is 14.8. The fraction of sp³-hybridized carbons (Fsp3) is 0.238. The molecule has 5 nitrogen and oxygen atoms in total. The third kappa shape index (κ3) is 3.35. The summed E-state index contributed by atoms with van der Waals surface area (Å²) >= 11 is 0. The lowest BCUT2D eigenvalue weighted by molar-refractivity contribution is -0.118. The average molecular weight is 386 g/mol. The zero-order valence-electron chi connectivity index (χ0n) is 15.5. The van der Waals surface area contributed by atoms with E-state index in [1.54, 1.807) is 13.8 Å². The minimum Gasteiger partial charge on any atom is -0.505 e. The normalized spacial score (nSPS) is 12.3. The molecule has 3 aromatic rings. The van der Waals surface area contributed by atoms with Gasteiger partial charge in [-0.25, -0.2) is 8.78 Å². The van der Waals surface area contributed by atoms with E-state index in [2.05, 4.69) is 0 Å². The molecule has 0 saturated heterocycles. The molecule has 3 rings (SSSR count). The van der Waals surface area contributed by atoms with Crippen molar-refractivity contribution in [1.29, 1.82) is 0 Å². The number of primary amides is 1. The first kappa shape index (κ1) is 19.5. The van der Waals surface area contributed by atoms with Crippen LogP contribution in [0.5, 0.6) is 5.75 Å². The summed E-state index contributed by atoms with van der Waals surface area (Å²) in [5.41, 5.74) is 6.57. The van der Waals surface area contributed by atoms with Crippen LogP contribution in [0.2, 0.25) is 0 Å². The average Bonchev–Trinajstić information content (AvgIpc) is 2.95. The quantitative estimate of drug-likeness (QED) is 0.695. The standard InChI is InChI=1S/C21H20F2N2O3/c1-11(6-9-17(24)27)18-12(2)25(15-7-8-16(26)20(23)19(15)18)21(28)13-4-3-5-14(22)10-13/h3-5,7-8,10-11,26H,6,9H2,1-2H3,(H2,24,27)/t11-/m0/s1. The van der Waals surface area contributed by atoms with Gasteiger partial charge in [-0.1, -0.05) is 13.0 Å². The van der Waals surface area contributed by atoms with Crippen molar-refractivity contribution in [1.82, 2.24) is 4.57 Å². The van der Waals surface area contributed by atoms with Crippen LogP contribution in [0.15, 0.2) is 36.4 Å². The van der Waals surface area contributed by atoms with Crippen LogP contribution < -0.4 is 5.73 Å². The molecule has 0 bridgehead atoms. The number of aromatic hydroxyl groups is 1. The van der Waals surface area contributed by atoms with Gasteiger partial charge in [-0.05, 0) is 55.2 Å². The third-order valence-corrected chi connectivity index (χ3v) is 4.93. The highest BCUT2D eigenvalue weighted by molar-refractivity contribution is 6.04. The van der Waals surface area contributed by atoms with Crippen LogP contribution in [0, 0.1) is 18.6 Å². The predicted octanol–water partition coefficient (Wildman–Crippen LogP) is 3.99. The number of fused-ring (bicyclic) bond motifs is 1. The Balaban J connectivity index is 2.24. The molecule has 1 amide bonds. The van der Waals surface area contributed by atoms with Gasteiger partial charge in [0.25, 0.3) is 5.91 Å². The predicted molar refractivity (Wildman–Crippen MR) is 101 cm³/mol. The molecule has 1 atom stereocenters. The Kier molecular flexibility index (Phi) is 5.18. The molecular weight excluding hydrogens is 366 g/mol. The Morgan fingerprint density at radius 1 is 1.21 bits per heavy atom. The monoisotopic (exact) mass is 386 g/mol. The first-order valence-electron chi connectivity index (χ1n) is 8.83. The number of carbonyl (C=O) groups is 2. The van der Waals surface area contributed by atoms with Gasteiger partial charge in [0, 0.05) is 23.1 Å². The van der Waals surface area contributed by atoms with Gasteiger partial charge < -0.3 is 10.8 Å². The highest BCUT2D eigenvalue weighted by Crippen LogP contribution is 2.38. The zero-order valence-corrected chi connectivity index (χ0v) is 15.5. The number of benzene rings is 2. The van der Waals surface area contributed by atoms with Crippen LogP contribution in [-0.4, -0.2) is 21.5 Å². The Labute approximate surface area is 160 Å². The number of carbonyl (C=O) groups excluding carboxylic acids is 2. The molecule has 0 aliphatic rings. The molecule has 1 heterocycles. The minimum absolute atomic E-state index is 0.103. The van der Waals surface area contributed by atoms with Crippen LogP contribution in [0.1, 0.15) is 47.3 Å². The van der Waals surface area contributed by atoms with Crippen molar-refractivity contribution in [2.24, 2.45) is 5.73 Å². The van der Waals surface area contributed by atoms with Gasteiger partial charge in [-0.2, -0.15) is 0 Å². The van der Waals surface area contributed by atoms with Crippen LogP contribution in [-0.2, 0) is 4.79 Å². The van der Waals surface area contributed by atoms with E-state index >= 15 is 0 Å². The number of amides is 1. The van der Waals surface area contributed by atoms with E-state index in [0.29, 0.717) is 17.7 Å². The molecule has 0 aliphatic heterocycles. The fourth-order valence-corrected chi connectivity index (χ4v) is 3.60. The summed E-state index contributed by atoms with van der Waals surface area (Å²) in [4.78, 5) is 24.2. The smallest absolute Gasteiger partial charge is 0.262 e. The summed E-state index contributed by atoms with van der Waals surface area (Å²) in [5.74, 6) is -3.22. The van der Waals surface area contributed by atoms with Crippen LogP contribution in [0.3, 0.4) is 0 Å². The van der Waals surface area contributed by atoms with Crippen molar-refractivity contribution in [3.05, 3.63) is 64.9 Å². The molecule has 0 spiro atoms. The van der Waals surface area contributed by atoms with E-state index in [9.17, 15) is 23.5 Å². The number of rotatable bonds is 5. The lowest BCUT2D eigenvalue weighted by atomic mass is 9.93. The number of nitrogens with two attached hydrogens (primary N) is 1. The van der Waals surface area contributed by atoms with Gasteiger partial charge >= 0.3 is 0 Å². The van der Waals surface area contributed by atoms with Crippen LogP contribution in [0.25, 0.3) is 10.9 Å². The molecule has 0 aliphatic carbocycles. The van der Waals surface area contributed by atoms with Crippen molar-refractivity contribution in [3.8, 4) is 5.75 Å². The number of phenolic OH excluding ortho intramolecular Hbond substituents is 1. The van der Waals surface area contributed by atoms with E-state index in [1.165, 1.54) is 34.9 Å². The second kappa shape index (κ2) is 7.42. The van der Waals surface area contributed by atoms with Crippen LogP contribution >= 0.6 is 0 Å². The molecular formula is C21H20F2N2O3. The first-order valence-corrected chi connectivity index (χ1v) is 8.83. The zero-order chi connectivity index (χ0) is 20.6. The number of aromatic nitrogens is 1. The summed E-state index contributed by atoms with van der Waals surface area (Å²) in [6.07, 6.45) is 0.462.